The van der Waals surface area contributed by atoms with E-state index in [1.807, 2.05) is 11.6 Å². The average molecular weight is 182 g/mol. The Labute approximate surface area is 79.2 Å². The van der Waals surface area contributed by atoms with Crippen molar-refractivity contribution in [2.75, 3.05) is 0 Å². The Bertz CT molecular complexity index is 244. The van der Waals surface area contributed by atoms with E-state index in [1.54, 1.807) is 6.33 Å². The monoisotopic (exact) mass is 182 g/mol. The van der Waals surface area contributed by atoms with E-state index in [2.05, 4.69) is 17.0 Å². The summed E-state index contributed by atoms with van der Waals surface area (Å²) in [6.45, 7) is 5.05. The fraction of sp³-hybridized carbons (Fsp3) is 0.778. The molecule has 13 heavy (non-hydrogen) atoms. The third-order valence-electron chi connectivity index (χ3n) is 2.15. The number of nitrogens with two attached hydrogens (primary N) is 1. The molecule has 0 aromatic carbocycles. The maximum absolute atomic E-state index is 5.98. The molecule has 1 rings (SSSR count). The van der Waals surface area contributed by atoms with Crippen molar-refractivity contribution in [3.8, 4) is 0 Å². The fourth-order valence-corrected chi connectivity index (χ4v) is 1.36. The minimum atomic E-state index is 0.0439. The Morgan fingerprint density at radius 3 is 2.92 bits per heavy atom. The van der Waals surface area contributed by atoms with Crippen molar-refractivity contribution in [3.63, 3.8) is 0 Å². The van der Waals surface area contributed by atoms with Crippen LogP contribution in [-0.4, -0.2) is 14.8 Å². The Balaban J connectivity index is 2.59. The number of unbranched alkanes of at least 4 members (excludes halogenated alkanes) is 1. The van der Waals surface area contributed by atoms with Crippen LogP contribution in [0.2, 0.25) is 0 Å². The molecule has 0 saturated carbocycles. The van der Waals surface area contributed by atoms with Gasteiger partial charge >= 0.3 is 0 Å². The Morgan fingerprint density at radius 2 is 2.31 bits per heavy atom. The van der Waals surface area contributed by atoms with Crippen molar-refractivity contribution in [2.45, 2.75) is 45.7 Å². The van der Waals surface area contributed by atoms with Gasteiger partial charge < -0.3 is 5.73 Å². The van der Waals surface area contributed by atoms with E-state index in [9.17, 15) is 0 Å². The zero-order valence-electron chi connectivity index (χ0n) is 8.40. The smallest absolute Gasteiger partial charge is 0.143 e. The minimum absolute atomic E-state index is 0.0439. The lowest BCUT2D eigenvalue weighted by Gasteiger charge is -2.10. The van der Waals surface area contributed by atoms with Gasteiger partial charge in [0.25, 0.3) is 0 Å². The third-order valence-corrected chi connectivity index (χ3v) is 2.15. The Hall–Kier alpha value is -0.900. The summed E-state index contributed by atoms with van der Waals surface area (Å²) in [5, 5.41) is 4.09. The van der Waals surface area contributed by atoms with E-state index < -0.39 is 0 Å². The highest BCUT2D eigenvalue weighted by molar-refractivity contribution is 4.92. The first-order valence-corrected chi connectivity index (χ1v) is 4.92. The van der Waals surface area contributed by atoms with Crippen LogP contribution < -0.4 is 5.73 Å². The van der Waals surface area contributed by atoms with Gasteiger partial charge in [-0.1, -0.05) is 19.8 Å². The van der Waals surface area contributed by atoms with Crippen LogP contribution in [0.4, 0.5) is 0 Å². The summed E-state index contributed by atoms with van der Waals surface area (Å²) in [6, 6.07) is 0.0439. The predicted molar refractivity (Wildman–Crippen MR) is 52.1 cm³/mol. The van der Waals surface area contributed by atoms with Gasteiger partial charge in [-0.15, -0.1) is 0 Å². The van der Waals surface area contributed by atoms with Gasteiger partial charge in [-0.25, -0.2) is 9.67 Å². The molecule has 0 aliphatic carbocycles. The summed E-state index contributed by atoms with van der Waals surface area (Å²) in [7, 11) is 0. The molecule has 1 heterocycles. The number of rotatable bonds is 5. The maximum atomic E-state index is 5.98. The van der Waals surface area contributed by atoms with Gasteiger partial charge in [0.2, 0.25) is 0 Å². The molecule has 1 aromatic rings. The Morgan fingerprint density at radius 1 is 1.54 bits per heavy atom. The maximum Gasteiger partial charge on any atom is 0.143 e. The van der Waals surface area contributed by atoms with Crippen LogP contribution in [0.3, 0.4) is 0 Å². The number of nitrogens with zero attached hydrogens (tertiary/aromatic N) is 3. The third kappa shape index (κ3) is 2.52. The molecular formula is C9H18N4. The molecule has 0 saturated heterocycles. The highest BCUT2D eigenvalue weighted by Crippen LogP contribution is 2.13. The van der Waals surface area contributed by atoms with E-state index in [-0.39, 0.29) is 6.04 Å². The van der Waals surface area contributed by atoms with Gasteiger partial charge in [-0.05, 0) is 13.3 Å². The van der Waals surface area contributed by atoms with Crippen molar-refractivity contribution < 1.29 is 0 Å². The molecule has 0 aliphatic heterocycles. The van der Waals surface area contributed by atoms with Gasteiger partial charge in [0.05, 0.1) is 6.04 Å². The van der Waals surface area contributed by atoms with E-state index in [0.717, 1.165) is 25.2 Å². The van der Waals surface area contributed by atoms with Gasteiger partial charge in [0.15, 0.2) is 0 Å². The van der Waals surface area contributed by atoms with Crippen LogP contribution in [0.5, 0.6) is 0 Å². The summed E-state index contributed by atoms with van der Waals surface area (Å²) >= 11 is 0. The summed E-state index contributed by atoms with van der Waals surface area (Å²) in [5.41, 5.74) is 5.98. The molecule has 2 N–H and O–H groups in total. The zero-order valence-corrected chi connectivity index (χ0v) is 8.40. The number of aromatic nitrogens is 3. The van der Waals surface area contributed by atoms with Crippen molar-refractivity contribution in [2.24, 2.45) is 5.73 Å². The summed E-state index contributed by atoms with van der Waals surface area (Å²) in [5.74, 6) is 0.913. The molecule has 1 atom stereocenters. The lowest BCUT2D eigenvalue weighted by atomic mass is 10.1. The van der Waals surface area contributed by atoms with Gasteiger partial charge in [0, 0.05) is 6.54 Å². The molecule has 0 radical (unpaired) electrons. The van der Waals surface area contributed by atoms with Crippen molar-refractivity contribution >= 4 is 0 Å². The second-order valence-corrected chi connectivity index (χ2v) is 3.18. The molecule has 0 aliphatic rings. The van der Waals surface area contributed by atoms with Gasteiger partial charge in [-0.2, -0.15) is 5.10 Å². The molecule has 0 bridgehead atoms. The van der Waals surface area contributed by atoms with Crippen molar-refractivity contribution in [3.05, 3.63) is 12.2 Å². The number of hydrogen-bond acceptors (Lipinski definition) is 3. The molecule has 1 unspecified atom stereocenters. The molecule has 0 fully saturated rings. The quantitative estimate of drug-likeness (QED) is 0.750. The normalized spacial score (nSPS) is 13.2. The summed E-state index contributed by atoms with van der Waals surface area (Å²) in [4.78, 5) is 4.17. The van der Waals surface area contributed by atoms with Crippen LogP contribution in [0, 0.1) is 0 Å². The number of hydrogen-bond donors (Lipinski definition) is 1. The highest BCUT2D eigenvalue weighted by Gasteiger charge is 2.11. The van der Waals surface area contributed by atoms with E-state index in [0.29, 0.717) is 0 Å². The van der Waals surface area contributed by atoms with Crippen LogP contribution in [0.1, 0.15) is 45.0 Å². The van der Waals surface area contributed by atoms with E-state index in [1.165, 1.54) is 6.42 Å². The lowest BCUT2D eigenvalue weighted by molar-refractivity contribution is 0.519. The van der Waals surface area contributed by atoms with Gasteiger partial charge in [0.1, 0.15) is 12.2 Å². The topological polar surface area (TPSA) is 56.7 Å². The first kappa shape index (κ1) is 10.2. The lowest BCUT2D eigenvalue weighted by Crippen LogP contribution is -2.17. The standard InChI is InChI=1S/C9H18N4/c1-3-5-6-8(10)9-11-7-12-13(9)4-2/h7-8H,3-6,10H2,1-2H3. The molecule has 4 heteroatoms. The van der Waals surface area contributed by atoms with Crippen molar-refractivity contribution in [1.29, 1.82) is 0 Å². The zero-order chi connectivity index (χ0) is 9.68. The second kappa shape index (κ2) is 4.97. The highest BCUT2D eigenvalue weighted by atomic mass is 15.3. The fourth-order valence-electron chi connectivity index (χ4n) is 1.36. The Kier molecular flexibility index (Phi) is 3.89. The summed E-state index contributed by atoms with van der Waals surface area (Å²) < 4.78 is 1.86. The van der Waals surface area contributed by atoms with E-state index >= 15 is 0 Å². The van der Waals surface area contributed by atoms with Crippen LogP contribution >= 0.6 is 0 Å². The number of aryl methyl sites for hydroxylation is 1. The van der Waals surface area contributed by atoms with E-state index in [4.69, 9.17) is 5.73 Å². The molecule has 4 nitrogen and oxygen atoms in total. The van der Waals surface area contributed by atoms with Crippen LogP contribution in [0.25, 0.3) is 0 Å². The van der Waals surface area contributed by atoms with Gasteiger partial charge in [-0.3, -0.25) is 0 Å². The molecule has 1 aromatic heterocycles. The first-order chi connectivity index (χ1) is 6.29. The first-order valence-electron chi connectivity index (χ1n) is 4.92. The van der Waals surface area contributed by atoms with Crippen LogP contribution in [0.15, 0.2) is 6.33 Å². The largest absolute Gasteiger partial charge is 0.321 e. The molecule has 74 valence electrons. The molecular weight excluding hydrogens is 164 g/mol. The second-order valence-electron chi connectivity index (χ2n) is 3.18. The minimum Gasteiger partial charge on any atom is -0.321 e. The SMILES string of the molecule is CCCCC(N)c1ncnn1CC. The predicted octanol–water partition coefficient (Wildman–Crippen LogP) is 1.49. The molecule has 0 spiro atoms. The summed E-state index contributed by atoms with van der Waals surface area (Å²) in [6.07, 6.45) is 4.89. The molecule has 0 amide bonds. The average Bonchev–Trinajstić information content (AvgIpc) is 2.61. The van der Waals surface area contributed by atoms with Crippen molar-refractivity contribution in [1.82, 2.24) is 14.8 Å². The van der Waals surface area contributed by atoms with Crippen LogP contribution in [-0.2, 0) is 6.54 Å².